The monoisotopic (exact) mass is 263 g/mol. The lowest BCUT2D eigenvalue weighted by Crippen LogP contribution is -2.22. The Balaban J connectivity index is 2.09. The van der Waals surface area contributed by atoms with Crippen molar-refractivity contribution in [1.82, 2.24) is 0 Å². The number of benzene rings is 1. The molecule has 0 atom stereocenters. The lowest BCUT2D eigenvalue weighted by molar-refractivity contribution is -0.0375. The van der Waals surface area contributed by atoms with Crippen molar-refractivity contribution in [3.63, 3.8) is 0 Å². The SMILES string of the molecule is CC(C)(C)OCCOCCOc1cccc(C#N)c1. The third kappa shape index (κ3) is 7.45. The van der Waals surface area contributed by atoms with E-state index in [1.54, 1.807) is 18.2 Å². The number of ether oxygens (including phenoxy) is 3. The van der Waals surface area contributed by atoms with Crippen LogP contribution in [0.2, 0.25) is 0 Å². The van der Waals surface area contributed by atoms with E-state index in [1.807, 2.05) is 26.8 Å². The van der Waals surface area contributed by atoms with Gasteiger partial charge in [-0.1, -0.05) is 6.07 Å². The van der Waals surface area contributed by atoms with Crippen LogP contribution in [0.4, 0.5) is 0 Å². The summed E-state index contributed by atoms with van der Waals surface area (Å²) in [6, 6.07) is 9.15. The summed E-state index contributed by atoms with van der Waals surface area (Å²) in [5, 5.41) is 8.75. The summed E-state index contributed by atoms with van der Waals surface area (Å²) >= 11 is 0. The van der Waals surface area contributed by atoms with E-state index in [2.05, 4.69) is 6.07 Å². The van der Waals surface area contributed by atoms with Gasteiger partial charge in [0, 0.05) is 0 Å². The average molecular weight is 263 g/mol. The van der Waals surface area contributed by atoms with Crippen LogP contribution < -0.4 is 4.74 Å². The number of rotatable bonds is 7. The molecule has 4 heteroatoms. The minimum Gasteiger partial charge on any atom is -0.491 e. The molecule has 0 bridgehead atoms. The summed E-state index contributed by atoms with van der Waals surface area (Å²) < 4.78 is 16.4. The van der Waals surface area contributed by atoms with Crippen LogP contribution in [-0.2, 0) is 9.47 Å². The molecular weight excluding hydrogens is 242 g/mol. The molecule has 0 aliphatic heterocycles. The Morgan fingerprint density at radius 3 is 2.53 bits per heavy atom. The number of nitriles is 1. The maximum Gasteiger partial charge on any atom is 0.120 e. The normalized spacial score (nSPS) is 11.1. The van der Waals surface area contributed by atoms with Crippen molar-refractivity contribution in [2.24, 2.45) is 0 Å². The second-order valence-electron chi connectivity index (χ2n) is 5.06. The highest BCUT2D eigenvalue weighted by Gasteiger charge is 2.08. The zero-order valence-corrected chi connectivity index (χ0v) is 11.8. The van der Waals surface area contributed by atoms with Crippen LogP contribution in [0, 0.1) is 11.3 Å². The van der Waals surface area contributed by atoms with Gasteiger partial charge < -0.3 is 14.2 Å². The Labute approximate surface area is 114 Å². The van der Waals surface area contributed by atoms with Crippen molar-refractivity contribution in [3.8, 4) is 11.8 Å². The summed E-state index contributed by atoms with van der Waals surface area (Å²) in [5.74, 6) is 0.689. The van der Waals surface area contributed by atoms with Crippen LogP contribution in [0.15, 0.2) is 24.3 Å². The van der Waals surface area contributed by atoms with Gasteiger partial charge in [0.2, 0.25) is 0 Å². The van der Waals surface area contributed by atoms with E-state index >= 15 is 0 Å². The van der Waals surface area contributed by atoms with E-state index in [0.717, 1.165) is 0 Å². The lowest BCUT2D eigenvalue weighted by Gasteiger charge is -2.19. The third-order valence-corrected chi connectivity index (χ3v) is 2.22. The van der Waals surface area contributed by atoms with E-state index in [4.69, 9.17) is 19.5 Å². The first-order valence-corrected chi connectivity index (χ1v) is 6.36. The lowest BCUT2D eigenvalue weighted by atomic mass is 10.2. The second-order valence-corrected chi connectivity index (χ2v) is 5.06. The molecule has 0 fully saturated rings. The maximum absolute atomic E-state index is 8.75. The Kier molecular flexibility index (Phi) is 6.34. The molecule has 104 valence electrons. The molecule has 0 amide bonds. The fourth-order valence-electron chi connectivity index (χ4n) is 1.38. The molecule has 1 aromatic rings. The number of hydrogen-bond acceptors (Lipinski definition) is 4. The van der Waals surface area contributed by atoms with Gasteiger partial charge in [0.1, 0.15) is 12.4 Å². The van der Waals surface area contributed by atoms with Gasteiger partial charge in [-0.3, -0.25) is 0 Å². The largest absolute Gasteiger partial charge is 0.491 e. The number of nitrogens with zero attached hydrogens (tertiary/aromatic N) is 1. The smallest absolute Gasteiger partial charge is 0.120 e. The molecule has 0 aromatic heterocycles. The van der Waals surface area contributed by atoms with E-state index in [1.165, 1.54) is 0 Å². The molecular formula is C15H21NO3. The van der Waals surface area contributed by atoms with Crippen LogP contribution in [0.5, 0.6) is 5.75 Å². The summed E-state index contributed by atoms with van der Waals surface area (Å²) in [5.41, 5.74) is 0.467. The highest BCUT2D eigenvalue weighted by atomic mass is 16.5. The van der Waals surface area contributed by atoms with Gasteiger partial charge in [0.25, 0.3) is 0 Å². The summed E-state index contributed by atoms with van der Waals surface area (Å²) in [4.78, 5) is 0. The van der Waals surface area contributed by atoms with E-state index in [0.29, 0.717) is 37.7 Å². The minimum atomic E-state index is -0.127. The predicted molar refractivity (Wildman–Crippen MR) is 73.2 cm³/mol. The zero-order valence-electron chi connectivity index (χ0n) is 11.8. The summed E-state index contributed by atoms with van der Waals surface area (Å²) in [6.45, 7) is 8.13. The van der Waals surface area contributed by atoms with Crippen molar-refractivity contribution >= 4 is 0 Å². The molecule has 0 saturated carbocycles. The first-order valence-electron chi connectivity index (χ1n) is 6.36. The van der Waals surface area contributed by atoms with Gasteiger partial charge in [-0.2, -0.15) is 5.26 Å². The topological polar surface area (TPSA) is 51.5 Å². The molecule has 0 unspecified atom stereocenters. The highest BCUT2D eigenvalue weighted by Crippen LogP contribution is 2.12. The summed E-state index contributed by atoms with van der Waals surface area (Å²) in [7, 11) is 0. The van der Waals surface area contributed by atoms with Gasteiger partial charge in [-0.05, 0) is 39.0 Å². The van der Waals surface area contributed by atoms with Crippen LogP contribution >= 0.6 is 0 Å². The van der Waals surface area contributed by atoms with E-state index in [-0.39, 0.29) is 5.60 Å². The summed E-state index contributed by atoms with van der Waals surface area (Å²) in [6.07, 6.45) is 0. The zero-order chi connectivity index (χ0) is 14.1. The standard InChI is InChI=1S/C15H21NO3/c1-15(2,3)19-10-8-17-7-9-18-14-6-4-5-13(11-14)12-16/h4-6,11H,7-10H2,1-3H3. The molecule has 0 heterocycles. The van der Waals surface area contributed by atoms with Crippen LogP contribution in [0.25, 0.3) is 0 Å². The molecule has 4 nitrogen and oxygen atoms in total. The molecule has 1 rings (SSSR count). The van der Waals surface area contributed by atoms with Crippen molar-refractivity contribution in [3.05, 3.63) is 29.8 Å². The van der Waals surface area contributed by atoms with Crippen LogP contribution in [0.3, 0.4) is 0 Å². The van der Waals surface area contributed by atoms with Crippen LogP contribution in [-0.4, -0.2) is 32.0 Å². The van der Waals surface area contributed by atoms with Crippen LogP contribution in [0.1, 0.15) is 26.3 Å². The molecule has 0 spiro atoms. The van der Waals surface area contributed by atoms with Crippen molar-refractivity contribution in [2.45, 2.75) is 26.4 Å². The third-order valence-electron chi connectivity index (χ3n) is 2.22. The fraction of sp³-hybridized carbons (Fsp3) is 0.533. The first kappa shape index (κ1) is 15.5. The Morgan fingerprint density at radius 2 is 1.84 bits per heavy atom. The van der Waals surface area contributed by atoms with Gasteiger partial charge in [0.05, 0.1) is 37.1 Å². The van der Waals surface area contributed by atoms with E-state index < -0.39 is 0 Å². The first-order chi connectivity index (χ1) is 9.01. The molecule has 0 radical (unpaired) electrons. The van der Waals surface area contributed by atoms with Crippen molar-refractivity contribution < 1.29 is 14.2 Å². The van der Waals surface area contributed by atoms with Gasteiger partial charge in [-0.15, -0.1) is 0 Å². The quantitative estimate of drug-likeness (QED) is 0.710. The minimum absolute atomic E-state index is 0.127. The maximum atomic E-state index is 8.75. The second kappa shape index (κ2) is 7.78. The molecule has 1 aromatic carbocycles. The van der Waals surface area contributed by atoms with Gasteiger partial charge in [0.15, 0.2) is 0 Å². The molecule has 0 aliphatic carbocycles. The van der Waals surface area contributed by atoms with Gasteiger partial charge >= 0.3 is 0 Å². The fourth-order valence-corrected chi connectivity index (χ4v) is 1.38. The molecule has 19 heavy (non-hydrogen) atoms. The molecule has 0 saturated heterocycles. The molecule has 0 N–H and O–H groups in total. The van der Waals surface area contributed by atoms with E-state index in [9.17, 15) is 0 Å². The Morgan fingerprint density at radius 1 is 1.11 bits per heavy atom. The van der Waals surface area contributed by atoms with Gasteiger partial charge in [-0.25, -0.2) is 0 Å². The Bertz CT molecular complexity index is 418. The van der Waals surface area contributed by atoms with Crippen molar-refractivity contribution in [1.29, 1.82) is 5.26 Å². The predicted octanol–water partition coefficient (Wildman–Crippen LogP) is 2.77. The molecule has 0 aliphatic rings. The van der Waals surface area contributed by atoms with Crippen molar-refractivity contribution in [2.75, 3.05) is 26.4 Å². The highest BCUT2D eigenvalue weighted by molar-refractivity contribution is 5.36. The number of hydrogen-bond donors (Lipinski definition) is 0. The Hall–Kier alpha value is -1.57. The average Bonchev–Trinajstić information content (AvgIpc) is 2.36.